The molecule has 4 rings (SSSR count). The number of benzene rings is 1. The zero-order chi connectivity index (χ0) is 19.1. The minimum atomic E-state index is -1.08. The minimum absolute atomic E-state index is 0.0549. The molecule has 1 unspecified atom stereocenters. The van der Waals surface area contributed by atoms with E-state index in [1.165, 1.54) is 6.07 Å². The molecule has 1 amide bonds. The lowest BCUT2D eigenvalue weighted by Gasteiger charge is -2.23. The van der Waals surface area contributed by atoms with Crippen LogP contribution in [-0.4, -0.2) is 38.0 Å². The summed E-state index contributed by atoms with van der Waals surface area (Å²) in [4.78, 5) is 30.9. The summed E-state index contributed by atoms with van der Waals surface area (Å²) < 4.78 is 7.60. The molecule has 1 saturated heterocycles. The molecule has 3 heterocycles. The van der Waals surface area contributed by atoms with Gasteiger partial charge in [0.25, 0.3) is 5.91 Å². The van der Waals surface area contributed by atoms with Gasteiger partial charge >= 0.3 is 5.97 Å². The van der Waals surface area contributed by atoms with E-state index < -0.39 is 5.97 Å². The highest BCUT2D eigenvalue weighted by molar-refractivity contribution is 5.96. The maximum Gasteiger partial charge on any atom is 0.339 e. The van der Waals surface area contributed by atoms with Crippen molar-refractivity contribution in [3.63, 3.8) is 0 Å². The van der Waals surface area contributed by atoms with Gasteiger partial charge in [-0.2, -0.15) is 0 Å². The smallest absolute Gasteiger partial charge is 0.339 e. The lowest BCUT2D eigenvalue weighted by molar-refractivity contribution is 0.0684. The highest BCUT2D eigenvalue weighted by Gasteiger charge is 2.35. The van der Waals surface area contributed by atoms with Crippen LogP contribution in [0.25, 0.3) is 11.0 Å². The number of imidazole rings is 1. The molecule has 140 valence electrons. The zero-order valence-electron chi connectivity index (χ0n) is 15.3. The van der Waals surface area contributed by atoms with Gasteiger partial charge < -0.3 is 19.0 Å². The van der Waals surface area contributed by atoms with E-state index >= 15 is 0 Å². The van der Waals surface area contributed by atoms with Crippen molar-refractivity contribution in [2.75, 3.05) is 6.54 Å². The van der Waals surface area contributed by atoms with Crippen LogP contribution >= 0.6 is 0 Å². The van der Waals surface area contributed by atoms with Gasteiger partial charge in [0.1, 0.15) is 17.1 Å². The third-order valence-electron chi connectivity index (χ3n) is 5.20. The Kier molecular flexibility index (Phi) is 4.22. The molecule has 3 aromatic rings. The Morgan fingerprint density at radius 1 is 1.33 bits per heavy atom. The van der Waals surface area contributed by atoms with E-state index in [4.69, 9.17) is 9.40 Å². The summed E-state index contributed by atoms with van der Waals surface area (Å²) >= 11 is 0. The number of aromatic nitrogens is 2. The Hall–Kier alpha value is -3.09. The van der Waals surface area contributed by atoms with Crippen molar-refractivity contribution in [2.45, 2.75) is 32.2 Å². The summed E-state index contributed by atoms with van der Waals surface area (Å²) in [5.74, 6) is -0.128. The first kappa shape index (κ1) is 17.3. The fraction of sp³-hybridized carbons (Fsp3) is 0.350. The van der Waals surface area contributed by atoms with E-state index in [2.05, 4.69) is 0 Å². The number of aryl methyl sites for hydroxylation is 2. The third-order valence-corrected chi connectivity index (χ3v) is 5.20. The van der Waals surface area contributed by atoms with Crippen LogP contribution < -0.4 is 0 Å². The third kappa shape index (κ3) is 2.79. The molecule has 0 spiro atoms. The molecule has 1 fully saturated rings. The average molecular weight is 367 g/mol. The molecular weight excluding hydrogens is 346 g/mol. The van der Waals surface area contributed by atoms with Crippen molar-refractivity contribution >= 4 is 22.9 Å². The molecule has 0 radical (unpaired) electrons. The molecule has 1 aliphatic heterocycles. The highest BCUT2D eigenvalue weighted by Crippen LogP contribution is 2.34. The van der Waals surface area contributed by atoms with Gasteiger partial charge in [-0.15, -0.1) is 0 Å². The number of hydrogen-bond acceptors (Lipinski definition) is 4. The second kappa shape index (κ2) is 6.57. The molecule has 1 N–H and O–H groups in total. The lowest BCUT2D eigenvalue weighted by atomic mass is 10.2. The van der Waals surface area contributed by atoms with Crippen LogP contribution in [0.4, 0.5) is 0 Å². The molecule has 1 atom stereocenters. The molecular formula is C20H21N3O4. The predicted molar refractivity (Wildman–Crippen MR) is 98.8 cm³/mol. The SMILES string of the molecule is CCc1oc(C(=O)N2CCCC2c2nc3ccccc3n2C)cc1C(=O)O. The number of rotatable bonds is 4. The van der Waals surface area contributed by atoms with Crippen LogP contribution in [0, 0.1) is 0 Å². The number of furan rings is 1. The number of carboxylic acids is 1. The van der Waals surface area contributed by atoms with Gasteiger partial charge in [0.05, 0.1) is 17.1 Å². The summed E-state index contributed by atoms with van der Waals surface area (Å²) in [6.45, 7) is 2.40. The number of carbonyl (C=O) groups excluding carboxylic acids is 1. The highest BCUT2D eigenvalue weighted by atomic mass is 16.4. The number of fused-ring (bicyclic) bond motifs is 1. The van der Waals surface area contributed by atoms with Crippen molar-refractivity contribution in [1.82, 2.24) is 14.5 Å². The van der Waals surface area contributed by atoms with E-state index in [9.17, 15) is 14.7 Å². The summed E-state index contributed by atoms with van der Waals surface area (Å²) in [5, 5.41) is 9.31. The topological polar surface area (TPSA) is 88.6 Å². The molecule has 1 aromatic carbocycles. The number of para-hydroxylation sites is 2. The average Bonchev–Trinajstić information content (AvgIpc) is 3.38. The van der Waals surface area contributed by atoms with Crippen LogP contribution in [0.3, 0.4) is 0 Å². The van der Waals surface area contributed by atoms with Crippen molar-refractivity contribution in [3.8, 4) is 0 Å². The maximum absolute atomic E-state index is 13.1. The number of likely N-dealkylation sites (tertiary alicyclic amines) is 1. The number of carboxylic acid groups (broad SMARTS) is 1. The van der Waals surface area contributed by atoms with Crippen molar-refractivity contribution in [3.05, 3.63) is 53.2 Å². The molecule has 2 aromatic heterocycles. The Bertz CT molecular complexity index is 1030. The second-order valence-electron chi connectivity index (χ2n) is 6.78. The van der Waals surface area contributed by atoms with E-state index in [1.54, 1.807) is 11.8 Å². The Morgan fingerprint density at radius 2 is 2.11 bits per heavy atom. The number of carbonyl (C=O) groups is 2. The van der Waals surface area contributed by atoms with Crippen LogP contribution in [0.1, 0.15) is 58.3 Å². The number of amides is 1. The normalized spacial score (nSPS) is 17.0. The molecule has 0 aliphatic carbocycles. The zero-order valence-corrected chi connectivity index (χ0v) is 15.3. The summed E-state index contributed by atoms with van der Waals surface area (Å²) in [6.07, 6.45) is 2.10. The van der Waals surface area contributed by atoms with E-state index in [0.29, 0.717) is 18.7 Å². The monoisotopic (exact) mass is 367 g/mol. The predicted octanol–water partition coefficient (Wildman–Crippen LogP) is 3.40. The summed E-state index contributed by atoms with van der Waals surface area (Å²) in [7, 11) is 1.95. The van der Waals surface area contributed by atoms with Crippen molar-refractivity contribution < 1.29 is 19.1 Å². The number of aromatic carboxylic acids is 1. The Balaban J connectivity index is 1.69. The first-order valence-electron chi connectivity index (χ1n) is 9.09. The molecule has 27 heavy (non-hydrogen) atoms. The van der Waals surface area contributed by atoms with Crippen LogP contribution in [0.5, 0.6) is 0 Å². The van der Waals surface area contributed by atoms with E-state index in [-0.39, 0.29) is 23.3 Å². The van der Waals surface area contributed by atoms with Gasteiger partial charge in [0, 0.05) is 26.1 Å². The fourth-order valence-corrected chi connectivity index (χ4v) is 3.86. The Morgan fingerprint density at radius 3 is 2.78 bits per heavy atom. The fourth-order valence-electron chi connectivity index (χ4n) is 3.86. The number of nitrogens with zero attached hydrogens (tertiary/aromatic N) is 3. The van der Waals surface area contributed by atoms with Crippen LogP contribution in [-0.2, 0) is 13.5 Å². The largest absolute Gasteiger partial charge is 0.478 e. The molecule has 7 heteroatoms. The second-order valence-corrected chi connectivity index (χ2v) is 6.78. The molecule has 0 saturated carbocycles. The standard InChI is InChI=1S/C20H21N3O4/c1-3-16-12(20(25)26)11-17(27-16)19(24)23-10-6-9-15(23)18-21-13-7-4-5-8-14(13)22(18)2/h4-5,7-8,11,15H,3,6,9-10H2,1-2H3,(H,25,26). The van der Waals surface area contributed by atoms with Gasteiger partial charge in [-0.05, 0) is 25.0 Å². The molecule has 1 aliphatic rings. The van der Waals surface area contributed by atoms with Gasteiger partial charge in [-0.25, -0.2) is 9.78 Å². The van der Waals surface area contributed by atoms with Gasteiger partial charge in [-0.1, -0.05) is 19.1 Å². The van der Waals surface area contributed by atoms with Crippen molar-refractivity contribution in [2.24, 2.45) is 7.05 Å². The number of hydrogen-bond donors (Lipinski definition) is 1. The van der Waals surface area contributed by atoms with Crippen LogP contribution in [0.2, 0.25) is 0 Å². The minimum Gasteiger partial charge on any atom is -0.478 e. The first-order chi connectivity index (χ1) is 13.0. The first-order valence-corrected chi connectivity index (χ1v) is 9.09. The lowest BCUT2D eigenvalue weighted by Crippen LogP contribution is -2.31. The summed E-state index contributed by atoms with van der Waals surface area (Å²) in [6, 6.07) is 9.06. The van der Waals surface area contributed by atoms with Crippen molar-refractivity contribution in [1.29, 1.82) is 0 Å². The molecule has 7 nitrogen and oxygen atoms in total. The Labute approximate surface area is 156 Å². The van der Waals surface area contributed by atoms with E-state index in [0.717, 1.165) is 29.7 Å². The van der Waals surface area contributed by atoms with Gasteiger partial charge in [0.2, 0.25) is 0 Å². The molecule has 0 bridgehead atoms. The maximum atomic E-state index is 13.1. The van der Waals surface area contributed by atoms with Gasteiger partial charge in [0.15, 0.2) is 5.76 Å². The van der Waals surface area contributed by atoms with E-state index in [1.807, 2.05) is 35.9 Å². The van der Waals surface area contributed by atoms with Gasteiger partial charge in [-0.3, -0.25) is 4.79 Å². The summed E-state index contributed by atoms with van der Waals surface area (Å²) in [5.41, 5.74) is 1.97. The quantitative estimate of drug-likeness (QED) is 0.763. The van der Waals surface area contributed by atoms with Crippen LogP contribution in [0.15, 0.2) is 34.7 Å².